The van der Waals surface area contributed by atoms with E-state index >= 15 is 0 Å². The van der Waals surface area contributed by atoms with E-state index < -0.39 is 11.9 Å². The van der Waals surface area contributed by atoms with Crippen molar-refractivity contribution < 1.29 is 19.4 Å². The second-order valence-corrected chi connectivity index (χ2v) is 5.64. The van der Waals surface area contributed by atoms with Crippen LogP contribution in [0, 0.1) is 5.92 Å². The zero-order valence-electron chi connectivity index (χ0n) is 13.6. The van der Waals surface area contributed by atoms with Gasteiger partial charge in [-0.05, 0) is 29.7 Å². The molecule has 0 saturated heterocycles. The number of nitrogen functional groups attached to an aromatic ring is 1. The largest absolute Gasteiger partial charge is 0.481 e. The van der Waals surface area contributed by atoms with Gasteiger partial charge in [0.25, 0.3) is 0 Å². The highest BCUT2D eigenvalue weighted by Gasteiger charge is 2.21. The normalized spacial score (nSPS) is 11.9. The summed E-state index contributed by atoms with van der Waals surface area (Å²) in [4.78, 5) is 23.5. The van der Waals surface area contributed by atoms with Gasteiger partial charge in [0.05, 0.1) is 5.92 Å². The molecule has 0 fully saturated rings. The van der Waals surface area contributed by atoms with Crippen LogP contribution in [0.3, 0.4) is 0 Å². The Morgan fingerprint density at radius 1 is 1.04 bits per heavy atom. The number of Topliss-reactive ketones (excluding diaryl/α,β-unsaturated/α-hetero) is 1. The fourth-order valence-corrected chi connectivity index (χ4v) is 2.44. The van der Waals surface area contributed by atoms with Gasteiger partial charge in [0, 0.05) is 31.4 Å². The Morgan fingerprint density at radius 2 is 1.58 bits per heavy atom. The maximum absolute atomic E-state index is 12.3. The molecule has 0 spiro atoms. The number of ketones is 1. The summed E-state index contributed by atoms with van der Waals surface area (Å²) < 4.78 is 4.90. The molecule has 24 heavy (non-hydrogen) atoms. The molecule has 0 amide bonds. The number of anilines is 1. The highest BCUT2D eigenvalue weighted by Crippen LogP contribution is 2.22. The van der Waals surface area contributed by atoms with E-state index in [0.29, 0.717) is 24.3 Å². The monoisotopic (exact) mass is 327 g/mol. The maximum Gasteiger partial charge on any atom is 0.307 e. The molecule has 0 bridgehead atoms. The third kappa shape index (κ3) is 4.67. The number of rotatable bonds is 8. The number of ether oxygens (including phenoxy) is 1. The molecule has 5 nitrogen and oxygen atoms in total. The summed E-state index contributed by atoms with van der Waals surface area (Å²) >= 11 is 0. The summed E-state index contributed by atoms with van der Waals surface area (Å²) in [7, 11) is 1.51. The predicted molar refractivity (Wildman–Crippen MR) is 92.9 cm³/mol. The quantitative estimate of drug-likeness (QED) is 0.574. The summed E-state index contributed by atoms with van der Waals surface area (Å²) in [5, 5.41) is 9.19. The number of hydrogen-bond acceptors (Lipinski definition) is 4. The summed E-state index contributed by atoms with van der Waals surface area (Å²) in [6.45, 7) is 0.320. The molecule has 0 aliphatic carbocycles. The van der Waals surface area contributed by atoms with Crippen LogP contribution < -0.4 is 5.73 Å². The molecule has 2 aromatic carbocycles. The minimum absolute atomic E-state index is 0.0279. The van der Waals surface area contributed by atoms with Gasteiger partial charge in [-0.25, -0.2) is 0 Å². The zero-order chi connectivity index (χ0) is 17.5. The number of carbonyl (C=O) groups excluding carboxylic acids is 1. The molecule has 0 aliphatic heterocycles. The van der Waals surface area contributed by atoms with Gasteiger partial charge in [-0.3, -0.25) is 9.59 Å². The van der Waals surface area contributed by atoms with Gasteiger partial charge >= 0.3 is 5.97 Å². The lowest BCUT2D eigenvalue weighted by atomic mass is 9.94. The van der Waals surface area contributed by atoms with E-state index in [1.165, 1.54) is 7.11 Å². The fourth-order valence-electron chi connectivity index (χ4n) is 2.44. The second kappa shape index (κ2) is 8.26. The lowest BCUT2D eigenvalue weighted by Gasteiger charge is -2.11. The van der Waals surface area contributed by atoms with E-state index in [4.69, 9.17) is 10.5 Å². The SMILES string of the molecule is COCCC(CC(=O)c1ccc(-c2ccc(N)cc2)cc1)C(=O)O. The number of methoxy groups -OCH3 is 1. The van der Waals surface area contributed by atoms with Crippen LogP contribution in [0.15, 0.2) is 48.5 Å². The first-order valence-corrected chi connectivity index (χ1v) is 7.72. The Morgan fingerprint density at radius 3 is 2.08 bits per heavy atom. The van der Waals surface area contributed by atoms with E-state index in [0.717, 1.165) is 11.1 Å². The Kier molecular flexibility index (Phi) is 6.09. The van der Waals surface area contributed by atoms with Crippen LogP contribution in [0.5, 0.6) is 0 Å². The Bertz CT molecular complexity index is 692. The molecule has 0 aliphatic rings. The molecule has 0 aromatic heterocycles. The van der Waals surface area contributed by atoms with Crippen molar-refractivity contribution in [3.8, 4) is 11.1 Å². The zero-order valence-corrected chi connectivity index (χ0v) is 13.6. The molecule has 126 valence electrons. The molecule has 2 aromatic rings. The summed E-state index contributed by atoms with van der Waals surface area (Å²) in [6.07, 6.45) is 0.293. The van der Waals surface area contributed by atoms with Gasteiger partial charge in [-0.2, -0.15) is 0 Å². The molecule has 3 N–H and O–H groups in total. The van der Waals surface area contributed by atoms with Gasteiger partial charge in [0.15, 0.2) is 5.78 Å². The van der Waals surface area contributed by atoms with E-state index in [1.807, 2.05) is 36.4 Å². The standard InChI is InChI=1S/C19H21NO4/c1-24-11-10-16(19(22)23)12-18(21)15-4-2-13(3-5-15)14-6-8-17(20)9-7-14/h2-9,16H,10-12,20H2,1H3,(H,22,23). The minimum Gasteiger partial charge on any atom is -0.481 e. The molecule has 0 saturated carbocycles. The molecule has 0 radical (unpaired) electrons. The van der Waals surface area contributed by atoms with Crippen LogP contribution in [-0.4, -0.2) is 30.6 Å². The molecule has 1 atom stereocenters. The van der Waals surface area contributed by atoms with Crippen molar-refractivity contribution in [2.45, 2.75) is 12.8 Å². The van der Waals surface area contributed by atoms with Crippen LogP contribution in [0.1, 0.15) is 23.2 Å². The van der Waals surface area contributed by atoms with Crippen molar-refractivity contribution in [2.75, 3.05) is 19.5 Å². The van der Waals surface area contributed by atoms with Gasteiger partial charge in [0.2, 0.25) is 0 Å². The van der Waals surface area contributed by atoms with Crippen LogP contribution in [-0.2, 0) is 9.53 Å². The van der Waals surface area contributed by atoms with Crippen molar-refractivity contribution in [3.63, 3.8) is 0 Å². The van der Waals surface area contributed by atoms with Crippen LogP contribution in [0.25, 0.3) is 11.1 Å². The first-order chi connectivity index (χ1) is 11.5. The minimum atomic E-state index is -0.973. The van der Waals surface area contributed by atoms with Crippen molar-refractivity contribution >= 4 is 17.4 Å². The third-order valence-electron chi connectivity index (χ3n) is 3.90. The summed E-state index contributed by atoms with van der Waals surface area (Å²) in [5.41, 5.74) is 8.86. The predicted octanol–water partition coefficient (Wildman–Crippen LogP) is 3.25. The van der Waals surface area contributed by atoms with Crippen molar-refractivity contribution in [3.05, 3.63) is 54.1 Å². The topological polar surface area (TPSA) is 89.6 Å². The molecule has 2 rings (SSSR count). The van der Waals surface area contributed by atoms with Gasteiger partial charge in [-0.1, -0.05) is 36.4 Å². The average Bonchev–Trinajstić information content (AvgIpc) is 2.59. The fraction of sp³-hybridized carbons (Fsp3) is 0.263. The first-order valence-electron chi connectivity index (χ1n) is 7.72. The second-order valence-electron chi connectivity index (χ2n) is 5.64. The number of nitrogens with two attached hydrogens (primary N) is 1. The third-order valence-corrected chi connectivity index (χ3v) is 3.90. The summed E-state index contributed by atoms with van der Waals surface area (Å²) in [5.74, 6) is -1.88. The number of carboxylic acids is 1. The Balaban J connectivity index is 2.07. The molecule has 1 unspecified atom stereocenters. The molecular weight excluding hydrogens is 306 g/mol. The number of carbonyl (C=O) groups is 2. The lowest BCUT2D eigenvalue weighted by Crippen LogP contribution is -2.19. The van der Waals surface area contributed by atoms with Crippen molar-refractivity contribution in [1.29, 1.82) is 0 Å². The van der Waals surface area contributed by atoms with E-state index in [9.17, 15) is 14.7 Å². The average molecular weight is 327 g/mol. The number of hydrogen-bond donors (Lipinski definition) is 2. The van der Waals surface area contributed by atoms with Crippen LogP contribution in [0.2, 0.25) is 0 Å². The Labute approximate surface area is 141 Å². The molecular formula is C19H21NO4. The summed E-state index contributed by atoms with van der Waals surface area (Å²) in [6, 6.07) is 14.6. The van der Waals surface area contributed by atoms with Crippen molar-refractivity contribution in [1.82, 2.24) is 0 Å². The number of benzene rings is 2. The van der Waals surface area contributed by atoms with E-state index in [1.54, 1.807) is 12.1 Å². The van der Waals surface area contributed by atoms with Crippen LogP contribution >= 0.6 is 0 Å². The van der Waals surface area contributed by atoms with Gasteiger partial charge in [-0.15, -0.1) is 0 Å². The number of aliphatic carboxylic acids is 1. The molecule has 5 heteroatoms. The van der Waals surface area contributed by atoms with Gasteiger partial charge < -0.3 is 15.6 Å². The highest BCUT2D eigenvalue weighted by atomic mass is 16.5. The van der Waals surface area contributed by atoms with Crippen molar-refractivity contribution in [2.24, 2.45) is 5.92 Å². The smallest absolute Gasteiger partial charge is 0.307 e. The lowest BCUT2D eigenvalue weighted by molar-refractivity contribution is -0.142. The first kappa shape index (κ1) is 17.7. The molecule has 0 heterocycles. The maximum atomic E-state index is 12.3. The van der Waals surface area contributed by atoms with E-state index in [2.05, 4.69) is 0 Å². The van der Waals surface area contributed by atoms with Gasteiger partial charge in [0.1, 0.15) is 0 Å². The van der Waals surface area contributed by atoms with E-state index in [-0.39, 0.29) is 12.2 Å². The number of carboxylic acid groups (broad SMARTS) is 1. The Hall–Kier alpha value is -2.66. The van der Waals surface area contributed by atoms with Crippen LogP contribution in [0.4, 0.5) is 5.69 Å². The highest BCUT2D eigenvalue weighted by molar-refractivity contribution is 5.98.